The van der Waals surface area contributed by atoms with E-state index in [1.165, 1.54) is 6.20 Å². The molecule has 168 valence electrons. The van der Waals surface area contributed by atoms with Gasteiger partial charge in [-0.3, -0.25) is 9.36 Å². The number of carboxylic acids is 1. The number of imidazole rings is 1. The molecule has 0 radical (unpaired) electrons. The number of carbonyl (C=O) groups is 1. The van der Waals surface area contributed by atoms with Crippen molar-refractivity contribution in [1.82, 2.24) is 34.5 Å². The van der Waals surface area contributed by atoms with Crippen LogP contribution in [0.4, 0.5) is 0 Å². The zero-order chi connectivity index (χ0) is 22.5. The monoisotopic (exact) mass is 463 g/mol. The molecule has 0 saturated heterocycles. The molecule has 3 saturated carbocycles. The van der Waals surface area contributed by atoms with Crippen LogP contribution in [0.25, 0.3) is 28.4 Å². The molecule has 3 fully saturated rings. The fraction of sp³-hybridized carbons (Fsp3) is 0.391. The van der Waals surface area contributed by atoms with E-state index in [-0.39, 0.29) is 22.9 Å². The highest BCUT2D eigenvalue weighted by Gasteiger charge is 2.47. The predicted octanol–water partition coefficient (Wildman–Crippen LogP) is 3.93. The van der Waals surface area contributed by atoms with Gasteiger partial charge in [0.25, 0.3) is 0 Å². The SMILES string of the molecule is O=C(O)[C@H]1C2CCC(CC2)[C@@H]1Cc1cc(-n2ccnc2)nc(-c2c[nH]c3ncc(Cl)nc23)n1. The van der Waals surface area contributed by atoms with Crippen LogP contribution in [0.3, 0.4) is 0 Å². The van der Waals surface area contributed by atoms with Crippen LogP contribution in [0.1, 0.15) is 31.4 Å². The molecule has 0 aliphatic heterocycles. The first-order valence-corrected chi connectivity index (χ1v) is 11.5. The summed E-state index contributed by atoms with van der Waals surface area (Å²) < 4.78 is 1.82. The van der Waals surface area contributed by atoms with Gasteiger partial charge in [0.15, 0.2) is 11.5 Å². The molecule has 4 aromatic heterocycles. The molecule has 0 aromatic carbocycles. The van der Waals surface area contributed by atoms with E-state index in [1.54, 1.807) is 18.7 Å². The van der Waals surface area contributed by atoms with Gasteiger partial charge in [-0.05, 0) is 49.9 Å². The van der Waals surface area contributed by atoms with E-state index in [9.17, 15) is 9.90 Å². The number of hydrogen-bond donors (Lipinski definition) is 2. The minimum atomic E-state index is -0.681. The smallest absolute Gasteiger partial charge is 0.307 e. The van der Waals surface area contributed by atoms with Crippen molar-refractivity contribution in [3.63, 3.8) is 0 Å². The first-order chi connectivity index (χ1) is 16.1. The van der Waals surface area contributed by atoms with Crippen molar-refractivity contribution < 1.29 is 9.90 Å². The Morgan fingerprint density at radius 1 is 1.18 bits per heavy atom. The van der Waals surface area contributed by atoms with Gasteiger partial charge in [0.05, 0.1) is 17.7 Å². The van der Waals surface area contributed by atoms with Gasteiger partial charge >= 0.3 is 5.97 Å². The third-order valence-corrected chi connectivity index (χ3v) is 7.43. The Labute approximate surface area is 194 Å². The van der Waals surface area contributed by atoms with Crippen molar-refractivity contribution in [3.8, 4) is 17.2 Å². The largest absolute Gasteiger partial charge is 0.481 e. The molecule has 4 aromatic rings. The maximum atomic E-state index is 12.2. The van der Waals surface area contributed by atoms with Gasteiger partial charge in [0, 0.05) is 30.4 Å². The Kier molecular flexibility index (Phi) is 4.86. The summed E-state index contributed by atoms with van der Waals surface area (Å²) in [6.07, 6.45) is 13.3. The molecule has 0 spiro atoms. The standard InChI is InChI=1S/C23H22ClN7O2/c24-17-10-27-22-20(29-17)16(9-26-22)21-28-14(8-18(30-21)31-6-5-25-11-31)7-15-12-1-3-13(4-2-12)19(15)23(32)33/h5-6,8-13,15,19H,1-4,7H2,(H,26,27)(H,32,33)/t12?,13?,15-,19-/m0/s1. The molecule has 10 heteroatoms. The molecule has 2 N–H and O–H groups in total. The summed E-state index contributed by atoms with van der Waals surface area (Å²) in [4.78, 5) is 37.7. The Hall–Kier alpha value is -3.33. The van der Waals surface area contributed by atoms with E-state index in [2.05, 4.69) is 19.9 Å². The first kappa shape index (κ1) is 20.3. The maximum absolute atomic E-state index is 12.2. The van der Waals surface area contributed by atoms with Crippen molar-refractivity contribution in [2.45, 2.75) is 32.1 Å². The van der Waals surface area contributed by atoms with E-state index in [1.807, 2.05) is 16.8 Å². The van der Waals surface area contributed by atoms with Crippen molar-refractivity contribution in [3.05, 3.63) is 48.0 Å². The van der Waals surface area contributed by atoms with Gasteiger partial charge in [-0.15, -0.1) is 0 Å². The lowest BCUT2D eigenvalue weighted by molar-refractivity contribution is -0.152. The number of hydrogen-bond acceptors (Lipinski definition) is 6. The average molecular weight is 464 g/mol. The molecule has 33 heavy (non-hydrogen) atoms. The molecule has 0 amide bonds. The van der Waals surface area contributed by atoms with Gasteiger partial charge in [-0.2, -0.15) is 0 Å². The molecular weight excluding hydrogens is 442 g/mol. The van der Waals surface area contributed by atoms with Crippen LogP contribution in [0.5, 0.6) is 0 Å². The molecule has 0 unspecified atom stereocenters. The number of aliphatic carboxylic acids is 1. The Balaban J connectivity index is 1.45. The fourth-order valence-corrected chi connectivity index (χ4v) is 5.90. The molecule has 3 aliphatic carbocycles. The summed E-state index contributed by atoms with van der Waals surface area (Å²) in [6.45, 7) is 0. The number of rotatable bonds is 5. The zero-order valence-electron chi connectivity index (χ0n) is 17.7. The van der Waals surface area contributed by atoms with Gasteiger partial charge in [-0.25, -0.2) is 24.9 Å². The van der Waals surface area contributed by atoms with Crippen LogP contribution in [0.2, 0.25) is 5.15 Å². The normalized spacial score (nSPS) is 24.4. The van der Waals surface area contributed by atoms with Crippen LogP contribution >= 0.6 is 11.6 Å². The predicted molar refractivity (Wildman–Crippen MR) is 121 cm³/mol. The Morgan fingerprint density at radius 3 is 2.76 bits per heavy atom. The molecule has 9 nitrogen and oxygen atoms in total. The van der Waals surface area contributed by atoms with Gasteiger partial charge in [0.1, 0.15) is 22.8 Å². The Bertz CT molecular complexity index is 1330. The summed E-state index contributed by atoms with van der Waals surface area (Å²) >= 11 is 6.09. The lowest BCUT2D eigenvalue weighted by atomic mass is 9.57. The number of nitrogens with one attached hydrogen (secondary N) is 1. The van der Waals surface area contributed by atoms with Gasteiger partial charge in [0.2, 0.25) is 0 Å². The number of aromatic amines is 1. The summed E-state index contributed by atoms with van der Waals surface area (Å²) in [5, 5.41) is 10.3. The zero-order valence-corrected chi connectivity index (χ0v) is 18.5. The summed E-state index contributed by atoms with van der Waals surface area (Å²) in [5.74, 6) is 0.925. The van der Waals surface area contributed by atoms with Gasteiger partial charge < -0.3 is 10.1 Å². The highest BCUT2D eigenvalue weighted by Crippen LogP contribution is 2.50. The third kappa shape index (κ3) is 3.56. The maximum Gasteiger partial charge on any atom is 0.307 e. The number of halogens is 1. The second-order valence-electron chi connectivity index (χ2n) is 9.01. The van der Waals surface area contributed by atoms with E-state index in [0.29, 0.717) is 40.7 Å². The number of aromatic nitrogens is 7. The quantitative estimate of drug-likeness (QED) is 0.459. The van der Waals surface area contributed by atoms with E-state index < -0.39 is 5.97 Å². The second-order valence-corrected chi connectivity index (χ2v) is 9.40. The fourth-order valence-electron chi connectivity index (χ4n) is 5.77. The van der Waals surface area contributed by atoms with E-state index in [4.69, 9.17) is 21.6 Å². The molecule has 2 bridgehead atoms. The highest BCUT2D eigenvalue weighted by atomic mass is 35.5. The lowest BCUT2D eigenvalue weighted by Crippen LogP contribution is -2.45. The number of carboxylic acid groups (broad SMARTS) is 1. The minimum Gasteiger partial charge on any atom is -0.481 e. The molecule has 4 heterocycles. The van der Waals surface area contributed by atoms with E-state index in [0.717, 1.165) is 31.4 Å². The van der Waals surface area contributed by atoms with Crippen LogP contribution in [-0.4, -0.2) is 45.5 Å². The summed E-state index contributed by atoms with van der Waals surface area (Å²) in [7, 11) is 0. The van der Waals surface area contributed by atoms with Crippen molar-refractivity contribution in [2.24, 2.45) is 23.7 Å². The number of fused-ring (bicyclic) bond motifs is 4. The van der Waals surface area contributed by atoms with Crippen LogP contribution < -0.4 is 0 Å². The topological polar surface area (TPSA) is 122 Å². The lowest BCUT2D eigenvalue weighted by Gasteiger charge is -2.46. The van der Waals surface area contributed by atoms with Crippen LogP contribution in [0.15, 0.2) is 37.2 Å². The third-order valence-electron chi connectivity index (χ3n) is 7.25. The highest BCUT2D eigenvalue weighted by molar-refractivity contribution is 6.29. The summed E-state index contributed by atoms with van der Waals surface area (Å²) in [5.41, 5.74) is 2.71. The van der Waals surface area contributed by atoms with Crippen molar-refractivity contribution in [1.29, 1.82) is 0 Å². The average Bonchev–Trinajstić information content (AvgIpc) is 3.49. The molecule has 2 atom stereocenters. The summed E-state index contributed by atoms with van der Waals surface area (Å²) in [6, 6.07) is 1.93. The first-order valence-electron chi connectivity index (χ1n) is 11.2. The molecular formula is C23H22ClN7O2. The van der Waals surface area contributed by atoms with Crippen LogP contribution in [0, 0.1) is 23.7 Å². The molecule has 7 rings (SSSR count). The van der Waals surface area contributed by atoms with Crippen LogP contribution in [-0.2, 0) is 11.2 Å². The minimum absolute atomic E-state index is 0.0746. The number of H-pyrrole nitrogens is 1. The van der Waals surface area contributed by atoms with Gasteiger partial charge in [-0.1, -0.05) is 11.6 Å². The number of nitrogens with zero attached hydrogens (tertiary/aromatic N) is 6. The van der Waals surface area contributed by atoms with Crippen molar-refractivity contribution >= 4 is 28.7 Å². The van der Waals surface area contributed by atoms with Crippen molar-refractivity contribution in [2.75, 3.05) is 0 Å². The molecule has 3 aliphatic rings. The van der Waals surface area contributed by atoms with E-state index >= 15 is 0 Å². The Morgan fingerprint density at radius 2 is 2.00 bits per heavy atom. The second kappa shape index (κ2) is 7.91.